The first kappa shape index (κ1) is 21.4. The molecule has 0 aliphatic carbocycles. The molecule has 2 rings (SSSR count). The van der Waals surface area contributed by atoms with Gasteiger partial charge in [0.1, 0.15) is 0 Å². The summed E-state index contributed by atoms with van der Waals surface area (Å²) in [6.07, 6.45) is 0.969. The Kier molecular flexibility index (Phi) is 7.54. The number of rotatable bonds is 7. The van der Waals surface area contributed by atoms with Crippen LogP contribution in [0.4, 0.5) is 10.5 Å². The van der Waals surface area contributed by atoms with Gasteiger partial charge in [0.25, 0.3) is 5.91 Å². The van der Waals surface area contributed by atoms with Gasteiger partial charge in [0, 0.05) is 25.2 Å². The standard InChI is InChI=1S/C20H27N3O5/c1-4-13(3)15-8-6-7-9-16(15)23-11-14(10-18(23)25)19(26)28-12-17(24)22-20(27)21-5-2/h6-9,13-14H,4-5,10-12H2,1-3H3,(H2,21,22,24,27)/t13-,14-/m0/s1. The Morgan fingerprint density at radius 3 is 2.64 bits per heavy atom. The first-order valence-electron chi connectivity index (χ1n) is 9.50. The van der Waals surface area contributed by atoms with Crippen LogP contribution in [-0.4, -0.2) is 43.5 Å². The van der Waals surface area contributed by atoms with Gasteiger partial charge in [0.05, 0.1) is 5.92 Å². The molecule has 1 saturated heterocycles. The number of hydrogen-bond acceptors (Lipinski definition) is 5. The van der Waals surface area contributed by atoms with Crippen LogP contribution in [0, 0.1) is 5.92 Å². The summed E-state index contributed by atoms with van der Waals surface area (Å²) in [5.74, 6) is -1.85. The van der Waals surface area contributed by atoms with Crippen LogP contribution < -0.4 is 15.5 Å². The highest BCUT2D eigenvalue weighted by atomic mass is 16.5. The number of ether oxygens (including phenoxy) is 1. The lowest BCUT2D eigenvalue weighted by molar-refractivity contribution is -0.152. The van der Waals surface area contributed by atoms with E-state index in [4.69, 9.17) is 4.74 Å². The van der Waals surface area contributed by atoms with Gasteiger partial charge in [-0.05, 0) is 30.9 Å². The lowest BCUT2D eigenvalue weighted by atomic mass is 9.96. The van der Waals surface area contributed by atoms with E-state index in [1.54, 1.807) is 11.8 Å². The van der Waals surface area contributed by atoms with Crippen LogP contribution in [0.15, 0.2) is 24.3 Å². The first-order valence-corrected chi connectivity index (χ1v) is 9.50. The second-order valence-corrected chi connectivity index (χ2v) is 6.79. The summed E-state index contributed by atoms with van der Waals surface area (Å²) in [5.41, 5.74) is 1.87. The van der Waals surface area contributed by atoms with Gasteiger partial charge in [0.2, 0.25) is 5.91 Å². The molecule has 1 aromatic carbocycles. The van der Waals surface area contributed by atoms with Crippen LogP contribution in [-0.2, 0) is 19.1 Å². The summed E-state index contributed by atoms with van der Waals surface area (Å²) in [6.45, 7) is 5.91. The number of urea groups is 1. The summed E-state index contributed by atoms with van der Waals surface area (Å²) < 4.78 is 4.99. The molecule has 0 aromatic heterocycles. The normalized spacial score (nSPS) is 17.2. The smallest absolute Gasteiger partial charge is 0.321 e. The minimum atomic E-state index is -0.720. The molecule has 1 aliphatic heterocycles. The molecule has 0 bridgehead atoms. The molecule has 152 valence electrons. The van der Waals surface area contributed by atoms with Crippen molar-refractivity contribution in [3.8, 4) is 0 Å². The van der Waals surface area contributed by atoms with Crippen molar-refractivity contribution in [1.82, 2.24) is 10.6 Å². The number of nitrogens with one attached hydrogen (secondary N) is 2. The molecule has 28 heavy (non-hydrogen) atoms. The van der Waals surface area contributed by atoms with Gasteiger partial charge < -0.3 is 15.0 Å². The number of imide groups is 1. The lowest BCUT2D eigenvalue weighted by Gasteiger charge is -2.23. The monoisotopic (exact) mass is 389 g/mol. The van der Waals surface area contributed by atoms with Crippen LogP contribution in [0.3, 0.4) is 0 Å². The number of benzene rings is 1. The third kappa shape index (κ3) is 5.31. The Morgan fingerprint density at radius 2 is 1.96 bits per heavy atom. The van der Waals surface area contributed by atoms with Crippen molar-refractivity contribution in [2.45, 2.75) is 39.5 Å². The zero-order valence-corrected chi connectivity index (χ0v) is 16.5. The molecule has 1 aromatic rings. The van der Waals surface area contributed by atoms with Crippen LogP contribution in [0.2, 0.25) is 0 Å². The first-order chi connectivity index (χ1) is 13.4. The van der Waals surface area contributed by atoms with Crippen molar-refractivity contribution in [2.75, 3.05) is 24.6 Å². The van der Waals surface area contributed by atoms with E-state index in [1.807, 2.05) is 24.3 Å². The molecule has 8 nitrogen and oxygen atoms in total. The third-order valence-electron chi connectivity index (χ3n) is 4.77. The maximum Gasteiger partial charge on any atom is 0.321 e. The summed E-state index contributed by atoms with van der Waals surface area (Å²) in [5, 5.41) is 4.46. The molecule has 0 saturated carbocycles. The molecule has 0 unspecified atom stereocenters. The number of anilines is 1. The van der Waals surface area contributed by atoms with Gasteiger partial charge in [0.15, 0.2) is 6.61 Å². The molecule has 8 heteroatoms. The summed E-state index contributed by atoms with van der Waals surface area (Å²) in [7, 11) is 0. The van der Waals surface area contributed by atoms with E-state index in [1.165, 1.54) is 0 Å². The SMILES string of the molecule is CCNC(=O)NC(=O)COC(=O)[C@H]1CC(=O)N(c2ccccc2[C@@H](C)CC)C1. The van der Waals surface area contributed by atoms with Crippen LogP contribution in [0.5, 0.6) is 0 Å². The fourth-order valence-electron chi connectivity index (χ4n) is 3.09. The minimum Gasteiger partial charge on any atom is -0.455 e. The number of carbonyl (C=O) groups excluding carboxylic acids is 4. The fraction of sp³-hybridized carbons (Fsp3) is 0.500. The second kappa shape index (κ2) is 9.87. The van der Waals surface area contributed by atoms with E-state index >= 15 is 0 Å². The van der Waals surface area contributed by atoms with Crippen molar-refractivity contribution >= 4 is 29.5 Å². The molecule has 1 fully saturated rings. The van der Waals surface area contributed by atoms with E-state index in [9.17, 15) is 19.2 Å². The Hall–Kier alpha value is -2.90. The zero-order valence-electron chi connectivity index (χ0n) is 16.5. The van der Waals surface area contributed by atoms with Gasteiger partial charge in [-0.25, -0.2) is 4.79 Å². The second-order valence-electron chi connectivity index (χ2n) is 6.79. The lowest BCUT2D eigenvalue weighted by Crippen LogP contribution is -2.41. The van der Waals surface area contributed by atoms with Crippen molar-refractivity contribution in [1.29, 1.82) is 0 Å². The van der Waals surface area contributed by atoms with Crippen molar-refractivity contribution < 1.29 is 23.9 Å². The van der Waals surface area contributed by atoms with E-state index in [0.29, 0.717) is 6.54 Å². The zero-order chi connectivity index (χ0) is 20.7. The number of carbonyl (C=O) groups is 4. The Bertz CT molecular complexity index is 749. The van der Waals surface area contributed by atoms with Crippen LogP contribution in [0.25, 0.3) is 0 Å². The average Bonchev–Trinajstić information content (AvgIpc) is 3.07. The van der Waals surface area contributed by atoms with Gasteiger partial charge >= 0.3 is 12.0 Å². The molecule has 2 atom stereocenters. The van der Waals surface area contributed by atoms with Gasteiger partial charge in [-0.1, -0.05) is 32.0 Å². The van der Waals surface area contributed by atoms with Crippen molar-refractivity contribution in [3.05, 3.63) is 29.8 Å². The number of amides is 4. The third-order valence-corrected chi connectivity index (χ3v) is 4.77. The number of hydrogen-bond donors (Lipinski definition) is 2. The maximum atomic E-state index is 12.5. The summed E-state index contributed by atoms with van der Waals surface area (Å²) in [4.78, 5) is 49.3. The fourth-order valence-corrected chi connectivity index (χ4v) is 3.09. The number of para-hydroxylation sites is 1. The molecule has 2 N–H and O–H groups in total. The summed E-state index contributed by atoms with van der Waals surface area (Å²) >= 11 is 0. The highest BCUT2D eigenvalue weighted by Gasteiger charge is 2.37. The van der Waals surface area contributed by atoms with Crippen molar-refractivity contribution in [3.63, 3.8) is 0 Å². The molecular formula is C20H27N3O5. The highest BCUT2D eigenvalue weighted by Crippen LogP contribution is 2.33. The molecule has 1 heterocycles. The topological polar surface area (TPSA) is 105 Å². The van der Waals surface area contributed by atoms with Gasteiger partial charge in [-0.2, -0.15) is 0 Å². The van der Waals surface area contributed by atoms with E-state index in [0.717, 1.165) is 17.7 Å². The Morgan fingerprint density at radius 1 is 1.25 bits per heavy atom. The van der Waals surface area contributed by atoms with Crippen molar-refractivity contribution in [2.24, 2.45) is 5.92 Å². The largest absolute Gasteiger partial charge is 0.455 e. The predicted molar refractivity (Wildman–Crippen MR) is 104 cm³/mol. The quantitative estimate of drug-likeness (QED) is 0.694. The van der Waals surface area contributed by atoms with Crippen LogP contribution >= 0.6 is 0 Å². The van der Waals surface area contributed by atoms with Gasteiger partial charge in [-0.3, -0.25) is 19.7 Å². The molecule has 0 spiro atoms. The van der Waals surface area contributed by atoms with E-state index in [2.05, 4.69) is 24.5 Å². The van der Waals surface area contributed by atoms with Gasteiger partial charge in [-0.15, -0.1) is 0 Å². The highest BCUT2D eigenvalue weighted by molar-refractivity contribution is 6.00. The molecule has 1 aliphatic rings. The minimum absolute atomic E-state index is 0.0333. The molecule has 4 amide bonds. The predicted octanol–water partition coefficient (Wildman–Crippen LogP) is 1.94. The van der Waals surface area contributed by atoms with Crippen LogP contribution in [0.1, 0.15) is 45.1 Å². The van der Waals surface area contributed by atoms with E-state index < -0.39 is 30.4 Å². The molecule has 0 radical (unpaired) electrons. The summed E-state index contributed by atoms with van der Waals surface area (Å²) in [6, 6.07) is 7.03. The molecular weight excluding hydrogens is 362 g/mol. The average molecular weight is 389 g/mol. The maximum absolute atomic E-state index is 12.5. The Balaban J connectivity index is 1.96. The number of esters is 1. The number of nitrogens with zero attached hydrogens (tertiary/aromatic N) is 1. The van der Waals surface area contributed by atoms with E-state index in [-0.39, 0.29) is 24.8 Å². The Labute approximate surface area is 164 Å².